The molecule has 6 nitrogen and oxygen atoms in total. The van der Waals surface area contributed by atoms with Crippen molar-refractivity contribution in [3.8, 4) is 0 Å². The first-order chi connectivity index (χ1) is 8.59. The number of rotatable bonds is 5. The number of pyridine rings is 1. The van der Waals surface area contributed by atoms with Crippen LogP contribution in [0.3, 0.4) is 0 Å². The number of aromatic nitrogens is 1. The number of hydrogen-bond donors (Lipinski definition) is 2. The molecule has 2 rings (SSSR count). The third kappa shape index (κ3) is 3.18. The van der Waals surface area contributed by atoms with Gasteiger partial charge >= 0.3 is 0 Å². The summed E-state index contributed by atoms with van der Waals surface area (Å²) in [6.45, 7) is 1.02. The summed E-state index contributed by atoms with van der Waals surface area (Å²) in [7, 11) is -3.73. The van der Waals surface area contributed by atoms with Crippen LogP contribution in [-0.4, -0.2) is 32.7 Å². The van der Waals surface area contributed by atoms with Crippen LogP contribution in [0.15, 0.2) is 28.2 Å². The fourth-order valence-electron chi connectivity index (χ4n) is 1.91. The molecular weight excluding hydrogens is 256 g/mol. The quantitative estimate of drug-likeness (QED) is 0.802. The predicted octanol–water partition coefficient (Wildman–Crippen LogP) is 0.222. The van der Waals surface area contributed by atoms with Crippen LogP contribution >= 0.6 is 0 Å². The molecule has 1 aliphatic heterocycles. The number of aromatic amines is 1. The molecule has 0 aliphatic carbocycles. The minimum absolute atomic E-state index is 0.127. The first kappa shape index (κ1) is 13.3. The van der Waals surface area contributed by atoms with Gasteiger partial charge in [0, 0.05) is 31.6 Å². The highest BCUT2D eigenvalue weighted by Gasteiger charge is 2.19. The van der Waals surface area contributed by atoms with Gasteiger partial charge in [-0.1, -0.05) is 0 Å². The van der Waals surface area contributed by atoms with Gasteiger partial charge in [0.05, 0.1) is 6.10 Å². The third-order valence-corrected chi connectivity index (χ3v) is 4.34. The third-order valence-electron chi connectivity index (χ3n) is 2.86. The molecule has 18 heavy (non-hydrogen) atoms. The summed E-state index contributed by atoms with van der Waals surface area (Å²) in [5.74, 6) is 0. The molecule has 100 valence electrons. The number of nitrogens with one attached hydrogen (secondary N) is 2. The topological polar surface area (TPSA) is 88.3 Å². The van der Waals surface area contributed by atoms with Crippen LogP contribution in [0, 0.1) is 0 Å². The Hall–Kier alpha value is -1.18. The number of hydrogen-bond acceptors (Lipinski definition) is 4. The van der Waals surface area contributed by atoms with Gasteiger partial charge in [0.25, 0.3) is 0 Å². The van der Waals surface area contributed by atoms with Crippen molar-refractivity contribution in [1.82, 2.24) is 9.71 Å². The van der Waals surface area contributed by atoms with Gasteiger partial charge in [0.15, 0.2) is 0 Å². The minimum atomic E-state index is -3.73. The maximum Gasteiger partial charge on any atom is 0.245 e. The Morgan fingerprint density at radius 3 is 3.00 bits per heavy atom. The van der Waals surface area contributed by atoms with E-state index in [1.165, 1.54) is 18.5 Å². The van der Waals surface area contributed by atoms with E-state index < -0.39 is 15.5 Å². The monoisotopic (exact) mass is 272 g/mol. The number of H-pyrrole nitrogens is 1. The van der Waals surface area contributed by atoms with E-state index in [2.05, 4.69) is 9.71 Å². The smallest absolute Gasteiger partial charge is 0.245 e. The van der Waals surface area contributed by atoms with Crippen molar-refractivity contribution in [1.29, 1.82) is 0 Å². The lowest BCUT2D eigenvalue weighted by Crippen LogP contribution is -2.30. The van der Waals surface area contributed by atoms with Crippen LogP contribution in [0.5, 0.6) is 0 Å². The Morgan fingerprint density at radius 1 is 1.50 bits per heavy atom. The van der Waals surface area contributed by atoms with E-state index >= 15 is 0 Å². The zero-order valence-corrected chi connectivity index (χ0v) is 10.7. The Morgan fingerprint density at radius 2 is 2.33 bits per heavy atom. The average Bonchev–Trinajstić information content (AvgIpc) is 2.82. The molecule has 1 saturated heterocycles. The maximum absolute atomic E-state index is 11.9. The van der Waals surface area contributed by atoms with Crippen molar-refractivity contribution in [3.63, 3.8) is 0 Å². The van der Waals surface area contributed by atoms with E-state index in [9.17, 15) is 13.2 Å². The highest BCUT2D eigenvalue weighted by Crippen LogP contribution is 2.14. The highest BCUT2D eigenvalue weighted by molar-refractivity contribution is 7.89. The van der Waals surface area contributed by atoms with Gasteiger partial charge in [-0.15, -0.1) is 0 Å². The van der Waals surface area contributed by atoms with E-state index in [4.69, 9.17) is 4.74 Å². The second kappa shape index (κ2) is 5.64. The molecule has 0 saturated carbocycles. The van der Waals surface area contributed by atoms with Crippen LogP contribution in [0.4, 0.5) is 0 Å². The molecule has 1 aliphatic rings. The fraction of sp³-hybridized carbons (Fsp3) is 0.545. The molecule has 1 aromatic rings. The number of ether oxygens (including phenoxy) is 1. The summed E-state index contributed by atoms with van der Waals surface area (Å²) >= 11 is 0. The van der Waals surface area contributed by atoms with Gasteiger partial charge in [0.1, 0.15) is 4.90 Å². The summed E-state index contributed by atoms with van der Waals surface area (Å²) in [6.07, 6.45) is 5.33. The van der Waals surface area contributed by atoms with Crippen molar-refractivity contribution in [3.05, 3.63) is 28.7 Å². The largest absolute Gasteiger partial charge is 0.378 e. The Balaban J connectivity index is 1.95. The van der Waals surface area contributed by atoms with Crippen molar-refractivity contribution < 1.29 is 13.2 Å². The van der Waals surface area contributed by atoms with Gasteiger partial charge in [0.2, 0.25) is 15.5 Å². The predicted molar refractivity (Wildman–Crippen MR) is 65.8 cm³/mol. The van der Waals surface area contributed by atoms with E-state index in [0.29, 0.717) is 6.42 Å². The number of sulfonamides is 1. The zero-order chi connectivity index (χ0) is 13.0. The van der Waals surface area contributed by atoms with Crippen molar-refractivity contribution in [2.75, 3.05) is 13.2 Å². The van der Waals surface area contributed by atoms with Crippen LogP contribution in [0.1, 0.15) is 19.3 Å². The molecule has 1 unspecified atom stereocenters. The van der Waals surface area contributed by atoms with Crippen LogP contribution in [0.2, 0.25) is 0 Å². The Bertz CT molecular complexity index is 546. The Kier molecular flexibility index (Phi) is 4.15. The van der Waals surface area contributed by atoms with Crippen LogP contribution < -0.4 is 10.2 Å². The normalized spacial score (nSPS) is 20.1. The summed E-state index contributed by atoms with van der Waals surface area (Å²) in [5.41, 5.74) is -0.515. The second-order valence-corrected chi connectivity index (χ2v) is 5.93. The first-order valence-electron chi connectivity index (χ1n) is 5.88. The highest BCUT2D eigenvalue weighted by atomic mass is 32.2. The molecule has 0 bridgehead atoms. The van der Waals surface area contributed by atoms with Gasteiger partial charge in [-0.2, -0.15) is 0 Å². The summed E-state index contributed by atoms with van der Waals surface area (Å²) < 4.78 is 31.5. The molecule has 1 atom stereocenters. The molecule has 1 fully saturated rings. The average molecular weight is 272 g/mol. The second-order valence-electron chi connectivity index (χ2n) is 4.19. The van der Waals surface area contributed by atoms with Crippen molar-refractivity contribution in [2.24, 2.45) is 0 Å². The van der Waals surface area contributed by atoms with E-state index in [1.807, 2.05) is 0 Å². The maximum atomic E-state index is 11.9. The summed E-state index contributed by atoms with van der Waals surface area (Å²) in [5, 5.41) is 0. The van der Waals surface area contributed by atoms with E-state index in [-0.39, 0.29) is 17.5 Å². The van der Waals surface area contributed by atoms with Crippen LogP contribution in [0.25, 0.3) is 0 Å². The Labute approximate surface area is 105 Å². The molecule has 0 radical (unpaired) electrons. The van der Waals surface area contributed by atoms with Crippen molar-refractivity contribution in [2.45, 2.75) is 30.3 Å². The minimum Gasteiger partial charge on any atom is -0.378 e. The molecule has 0 aromatic carbocycles. The van der Waals surface area contributed by atoms with Gasteiger partial charge in [-0.25, -0.2) is 13.1 Å². The van der Waals surface area contributed by atoms with E-state index in [0.717, 1.165) is 19.4 Å². The zero-order valence-electron chi connectivity index (χ0n) is 9.89. The fourth-order valence-corrected chi connectivity index (χ4v) is 3.01. The summed E-state index contributed by atoms with van der Waals surface area (Å²) in [6, 6.07) is 1.19. The molecule has 2 N–H and O–H groups in total. The van der Waals surface area contributed by atoms with E-state index in [1.54, 1.807) is 0 Å². The van der Waals surface area contributed by atoms with Crippen LogP contribution in [-0.2, 0) is 14.8 Å². The lowest BCUT2D eigenvalue weighted by molar-refractivity contribution is 0.105. The molecule has 2 heterocycles. The molecule has 1 aromatic heterocycles. The molecular formula is C11H16N2O4S. The van der Waals surface area contributed by atoms with Gasteiger partial charge in [-0.05, 0) is 19.3 Å². The molecule has 0 amide bonds. The first-order valence-corrected chi connectivity index (χ1v) is 7.36. The van der Waals surface area contributed by atoms with Gasteiger partial charge in [-0.3, -0.25) is 4.79 Å². The SMILES string of the molecule is O=c1cc[nH]cc1S(=O)(=O)NCCC1CCCO1. The van der Waals surface area contributed by atoms with Crippen molar-refractivity contribution >= 4 is 10.0 Å². The molecule has 0 spiro atoms. The standard InChI is InChI=1S/C11H16N2O4S/c14-10-4-5-12-8-11(10)18(15,16)13-6-3-9-2-1-7-17-9/h4-5,8-9,13H,1-3,6-7H2,(H,12,14). The summed E-state index contributed by atoms with van der Waals surface area (Å²) in [4.78, 5) is 13.8. The lowest BCUT2D eigenvalue weighted by Gasteiger charge is -2.10. The van der Waals surface area contributed by atoms with Gasteiger partial charge < -0.3 is 9.72 Å². The molecule has 7 heteroatoms. The lowest BCUT2D eigenvalue weighted by atomic mass is 10.2.